The Morgan fingerprint density at radius 2 is 1.76 bits per heavy atom. The summed E-state index contributed by atoms with van der Waals surface area (Å²) in [5.41, 5.74) is 0. The predicted octanol–water partition coefficient (Wildman–Crippen LogP) is 2.22. The molecule has 3 nitrogen and oxygen atoms in total. The van der Waals surface area contributed by atoms with Gasteiger partial charge in [-0.05, 0) is 25.0 Å². The second kappa shape index (κ2) is 4.61. The van der Waals surface area contributed by atoms with Crippen molar-refractivity contribution in [3.8, 4) is 0 Å². The van der Waals surface area contributed by atoms with E-state index in [0.717, 1.165) is 0 Å². The van der Waals surface area contributed by atoms with Gasteiger partial charge in [-0.25, -0.2) is 8.42 Å². The Bertz CT molecular complexity index is 505. The van der Waals surface area contributed by atoms with Crippen LogP contribution in [0, 0.1) is 5.92 Å². The molecule has 17 heavy (non-hydrogen) atoms. The van der Waals surface area contributed by atoms with Crippen molar-refractivity contribution < 1.29 is 13.2 Å². The van der Waals surface area contributed by atoms with Gasteiger partial charge in [0.2, 0.25) is 0 Å². The van der Waals surface area contributed by atoms with Crippen LogP contribution >= 0.6 is 0 Å². The zero-order valence-electron chi connectivity index (χ0n) is 9.80. The average Bonchev–Trinajstić information content (AvgIpc) is 2.33. The summed E-state index contributed by atoms with van der Waals surface area (Å²) in [6.07, 6.45) is 1.43. The molecule has 1 aromatic rings. The summed E-state index contributed by atoms with van der Waals surface area (Å²) < 4.78 is 24.6. The van der Waals surface area contributed by atoms with Crippen LogP contribution in [-0.2, 0) is 14.6 Å². The molecule has 0 heterocycles. The third kappa shape index (κ3) is 2.41. The van der Waals surface area contributed by atoms with Gasteiger partial charge in [0.1, 0.15) is 5.78 Å². The fourth-order valence-corrected chi connectivity index (χ4v) is 3.94. The molecule has 0 bridgehead atoms. The summed E-state index contributed by atoms with van der Waals surface area (Å²) in [7, 11) is -3.34. The highest BCUT2D eigenvalue weighted by atomic mass is 32.2. The van der Waals surface area contributed by atoms with Crippen LogP contribution in [0.25, 0.3) is 0 Å². The van der Waals surface area contributed by atoms with E-state index in [2.05, 4.69) is 0 Å². The lowest BCUT2D eigenvalue weighted by molar-refractivity contribution is -0.123. The smallest absolute Gasteiger partial charge is 0.181 e. The molecular formula is C13H16O3S. The third-order valence-electron chi connectivity index (χ3n) is 3.41. The number of rotatable bonds is 2. The molecule has 0 spiro atoms. The molecule has 0 amide bonds. The van der Waals surface area contributed by atoms with E-state index in [0.29, 0.717) is 17.7 Å². The first-order chi connectivity index (χ1) is 8.01. The van der Waals surface area contributed by atoms with Crippen molar-refractivity contribution in [2.45, 2.75) is 36.3 Å². The SMILES string of the molecule is C[C@@H]1CCC(S(=O)(=O)c2ccccc2)CC1=O. The minimum absolute atomic E-state index is 0.0113. The second-order valence-corrected chi connectivity index (χ2v) is 6.86. The molecule has 0 radical (unpaired) electrons. The standard InChI is InChI=1S/C13H16O3S/c1-10-7-8-12(9-13(10)14)17(15,16)11-5-3-2-4-6-11/h2-6,10,12H,7-9H2,1H3/t10-,12?/m1/s1. The summed E-state index contributed by atoms with van der Waals surface area (Å²) in [5.74, 6) is 0.0815. The zero-order chi connectivity index (χ0) is 12.5. The molecule has 1 fully saturated rings. The van der Waals surface area contributed by atoms with Crippen LogP contribution in [0.3, 0.4) is 0 Å². The van der Waals surface area contributed by atoms with Gasteiger partial charge in [0.05, 0.1) is 10.1 Å². The van der Waals surface area contributed by atoms with E-state index < -0.39 is 15.1 Å². The number of sulfone groups is 1. The van der Waals surface area contributed by atoms with Gasteiger partial charge in [-0.2, -0.15) is 0 Å². The van der Waals surface area contributed by atoms with Gasteiger partial charge < -0.3 is 0 Å². The fourth-order valence-electron chi connectivity index (χ4n) is 2.19. The van der Waals surface area contributed by atoms with E-state index >= 15 is 0 Å². The zero-order valence-corrected chi connectivity index (χ0v) is 10.6. The van der Waals surface area contributed by atoms with Gasteiger partial charge in [0.15, 0.2) is 9.84 Å². The normalized spacial score (nSPS) is 25.8. The van der Waals surface area contributed by atoms with Gasteiger partial charge in [0, 0.05) is 12.3 Å². The maximum atomic E-state index is 12.3. The quantitative estimate of drug-likeness (QED) is 0.811. The van der Waals surface area contributed by atoms with Gasteiger partial charge in [-0.15, -0.1) is 0 Å². The van der Waals surface area contributed by atoms with Crippen molar-refractivity contribution in [3.05, 3.63) is 30.3 Å². The Balaban J connectivity index is 2.26. The number of hydrogen-bond donors (Lipinski definition) is 0. The van der Waals surface area contributed by atoms with E-state index in [9.17, 15) is 13.2 Å². The van der Waals surface area contributed by atoms with E-state index in [1.165, 1.54) is 0 Å². The van der Waals surface area contributed by atoms with Crippen molar-refractivity contribution in [1.29, 1.82) is 0 Å². The van der Waals surface area contributed by atoms with Crippen molar-refractivity contribution in [2.75, 3.05) is 0 Å². The minimum Gasteiger partial charge on any atom is -0.299 e. The molecule has 0 aromatic heterocycles. The Kier molecular flexibility index (Phi) is 3.33. The topological polar surface area (TPSA) is 51.2 Å². The molecule has 0 N–H and O–H groups in total. The highest BCUT2D eigenvalue weighted by Gasteiger charge is 2.34. The molecular weight excluding hydrogens is 236 g/mol. The summed E-state index contributed by atoms with van der Waals surface area (Å²) in [6, 6.07) is 8.39. The minimum atomic E-state index is -3.34. The van der Waals surface area contributed by atoms with Crippen molar-refractivity contribution in [3.63, 3.8) is 0 Å². The first-order valence-electron chi connectivity index (χ1n) is 5.83. The highest BCUT2D eigenvalue weighted by molar-refractivity contribution is 7.92. The molecule has 4 heteroatoms. The molecule has 1 unspecified atom stereocenters. The number of carbonyl (C=O) groups is 1. The highest BCUT2D eigenvalue weighted by Crippen LogP contribution is 2.29. The third-order valence-corrected chi connectivity index (χ3v) is 5.62. The lowest BCUT2D eigenvalue weighted by Crippen LogP contribution is -2.32. The average molecular weight is 252 g/mol. The lowest BCUT2D eigenvalue weighted by Gasteiger charge is -2.24. The van der Waals surface area contributed by atoms with Crippen LogP contribution in [0.4, 0.5) is 0 Å². The van der Waals surface area contributed by atoms with Gasteiger partial charge >= 0.3 is 0 Å². The van der Waals surface area contributed by atoms with E-state index in [-0.39, 0.29) is 18.1 Å². The summed E-state index contributed by atoms with van der Waals surface area (Å²) in [5, 5.41) is -0.534. The second-order valence-electron chi connectivity index (χ2n) is 4.63. The van der Waals surface area contributed by atoms with E-state index in [1.54, 1.807) is 30.3 Å². The van der Waals surface area contributed by atoms with Crippen molar-refractivity contribution >= 4 is 15.6 Å². The van der Waals surface area contributed by atoms with Crippen LogP contribution in [0.1, 0.15) is 26.2 Å². The summed E-state index contributed by atoms with van der Waals surface area (Å²) in [6.45, 7) is 1.87. The molecule has 2 atom stereocenters. The number of carbonyl (C=O) groups excluding carboxylic acids is 1. The van der Waals surface area contributed by atoms with Crippen LogP contribution in [-0.4, -0.2) is 19.5 Å². The summed E-state index contributed by atoms with van der Waals surface area (Å²) >= 11 is 0. The van der Waals surface area contributed by atoms with Gasteiger partial charge in [-0.1, -0.05) is 25.1 Å². The van der Waals surface area contributed by atoms with Crippen LogP contribution in [0.15, 0.2) is 35.2 Å². The van der Waals surface area contributed by atoms with E-state index in [1.807, 2.05) is 6.92 Å². The molecule has 0 aliphatic heterocycles. The number of Topliss-reactive ketones (excluding diaryl/α,β-unsaturated/α-hetero) is 1. The van der Waals surface area contributed by atoms with Crippen molar-refractivity contribution in [1.82, 2.24) is 0 Å². The lowest BCUT2D eigenvalue weighted by atomic mass is 9.89. The maximum Gasteiger partial charge on any atom is 0.181 e. The van der Waals surface area contributed by atoms with Crippen LogP contribution in [0.2, 0.25) is 0 Å². The molecule has 2 rings (SSSR count). The van der Waals surface area contributed by atoms with Gasteiger partial charge in [-0.3, -0.25) is 4.79 Å². The van der Waals surface area contributed by atoms with Gasteiger partial charge in [0.25, 0.3) is 0 Å². The largest absolute Gasteiger partial charge is 0.299 e. The van der Waals surface area contributed by atoms with Crippen LogP contribution < -0.4 is 0 Å². The first kappa shape index (κ1) is 12.3. The molecule has 92 valence electrons. The Morgan fingerprint density at radius 3 is 2.35 bits per heavy atom. The monoisotopic (exact) mass is 252 g/mol. The number of ketones is 1. The fraction of sp³-hybridized carbons (Fsp3) is 0.462. The van der Waals surface area contributed by atoms with Crippen LogP contribution in [0.5, 0.6) is 0 Å². The first-order valence-corrected chi connectivity index (χ1v) is 7.38. The Morgan fingerprint density at radius 1 is 1.12 bits per heavy atom. The number of hydrogen-bond acceptors (Lipinski definition) is 3. The molecule has 1 aromatic carbocycles. The number of benzene rings is 1. The molecule has 1 saturated carbocycles. The summed E-state index contributed by atoms with van der Waals surface area (Å²) in [4.78, 5) is 11.9. The molecule has 0 saturated heterocycles. The van der Waals surface area contributed by atoms with Crippen molar-refractivity contribution in [2.24, 2.45) is 5.92 Å². The molecule has 1 aliphatic rings. The Hall–Kier alpha value is -1.16. The maximum absolute atomic E-state index is 12.3. The van der Waals surface area contributed by atoms with E-state index in [4.69, 9.17) is 0 Å². The Labute approximate surface area is 102 Å². The molecule has 1 aliphatic carbocycles. The predicted molar refractivity (Wildman–Crippen MR) is 65.4 cm³/mol.